The van der Waals surface area contributed by atoms with Gasteiger partial charge >= 0.3 is 0 Å². The number of carbonyl (C=O) groups is 4. The molecule has 17 heteroatoms. The summed E-state index contributed by atoms with van der Waals surface area (Å²) in [7, 11) is -0.485. The molecule has 342 valence electrons. The maximum Gasteiger partial charge on any atom is 0.251 e. The molecule has 0 unspecified atom stereocenters. The number of fused-ring (bicyclic) bond motifs is 1. The molecule has 1 aliphatic heterocycles. The maximum atomic E-state index is 14.6. The Bertz CT molecular complexity index is 2550. The van der Waals surface area contributed by atoms with Crippen LogP contribution in [0.1, 0.15) is 106 Å². The Labute approximate surface area is 379 Å². The number of methoxy groups -OCH3 is 1. The fraction of sp³-hybridized carbons (Fsp3) is 0.489. The van der Waals surface area contributed by atoms with E-state index in [1.54, 1.807) is 45.3 Å². The molecular formula is C47H59N7O8S2. The van der Waals surface area contributed by atoms with Crippen molar-refractivity contribution in [3.05, 3.63) is 76.8 Å². The number of aryl methyl sites for hydroxylation is 1. The van der Waals surface area contributed by atoms with Crippen LogP contribution in [0.2, 0.25) is 0 Å². The lowest BCUT2D eigenvalue weighted by Crippen LogP contribution is -2.49. The van der Waals surface area contributed by atoms with Gasteiger partial charge in [0.05, 0.1) is 29.6 Å². The van der Waals surface area contributed by atoms with Gasteiger partial charge in [-0.15, -0.1) is 11.3 Å². The molecule has 2 aromatic carbocycles. The molecule has 5 N–H and O–H groups in total. The summed E-state index contributed by atoms with van der Waals surface area (Å²) in [5.74, 6) is -0.473. The van der Waals surface area contributed by atoms with Crippen molar-refractivity contribution in [1.82, 2.24) is 24.9 Å². The van der Waals surface area contributed by atoms with Crippen molar-refractivity contribution < 1.29 is 37.1 Å². The smallest absolute Gasteiger partial charge is 0.251 e. The lowest BCUT2D eigenvalue weighted by molar-refractivity contribution is -0.138. The number of allylic oxidation sites excluding steroid dienone is 2. The molecule has 2 aliphatic carbocycles. The van der Waals surface area contributed by atoms with E-state index in [1.807, 2.05) is 42.7 Å². The van der Waals surface area contributed by atoms with E-state index in [1.165, 1.54) is 16.2 Å². The Kier molecular flexibility index (Phi) is 14.0. The molecule has 2 aromatic heterocycles. The molecule has 5 atom stereocenters. The van der Waals surface area contributed by atoms with Crippen LogP contribution in [-0.2, 0) is 24.4 Å². The van der Waals surface area contributed by atoms with Crippen LogP contribution in [0.4, 0.5) is 5.69 Å². The van der Waals surface area contributed by atoms with Gasteiger partial charge in [-0.05, 0) is 94.5 Å². The Hall–Kier alpha value is -5.55. The first-order valence-electron chi connectivity index (χ1n) is 22.0. The predicted molar refractivity (Wildman–Crippen MR) is 248 cm³/mol. The zero-order valence-electron chi connectivity index (χ0n) is 37.3. The molecule has 0 radical (unpaired) electrons. The molecule has 1 saturated heterocycles. The van der Waals surface area contributed by atoms with Gasteiger partial charge in [0.15, 0.2) is 0 Å². The number of rotatable bonds is 20. The number of amides is 4. The van der Waals surface area contributed by atoms with Crippen LogP contribution in [-0.4, -0.2) is 90.6 Å². The molecule has 0 spiro atoms. The summed E-state index contributed by atoms with van der Waals surface area (Å²) in [4.78, 5) is 64.2. The van der Waals surface area contributed by atoms with Crippen molar-refractivity contribution >= 4 is 61.6 Å². The van der Waals surface area contributed by atoms with Gasteiger partial charge in [0, 0.05) is 53.0 Å². The summed E-state index contributed by atoms with van der Waals surface area (Å²) in [5.41, 5.74) is 10.1. The van der Waals surface area contributed by atoms with Crippen LogP contribution in [0.3, 0.4) is 0 Å². The van der Waals surface area contributed by atoms with E-state index >= 15 is 0 Å². The fourth-order valence-electron chi connectivity index (χ4n) is 8.17. The number of nitrogens with zero attached hydrogens (tertiary/aromatic N) is 3. The third kappa shape index (κ3) is 10.4. The zero-order valence-corrected chi connectivity index (χ0v) is 38.9. The van der Waals surface area contributed by atoms with Gasteiger partial charge in [-0.2, -0.15) is 0 Å². The summed E-state index contributed by atoms with van der Waals surface area (Å²) < 4.78 is 38.8. The van der Waals surface area contributed by atoms with Crippen molar-refractivity contribution in [1.29, 1.82) is 0 Å². The van der Waals surface area contributed by atoms with Gasteiger partial charge in [-0.1, -0.05) is 44.9 Å². The van der Waals surface area contributed by atoms with Crippen LogP contribution in [0.15, 0.2) is 60.0 Å². The summed E-state index contributed by atoms with van der Waals surface area (Å²) in [6, 6.07) is 10.9. The highest BCUT2D eigenvalue weighted by Crippen LogP contribution is 2.44. The molecule has 3 aliphatic rings. The SMILES string of the molecule is CNC(=O)c1cccc(N[C@@H](CCCCC/C=C\[C@@H]2C[C@@H]2C(=O)NS(=O)(=O)C2(C)CC2)C(=O)N2C[C@H](Oc3cc(-c4nc(C(C)C)cs4)nc4c(C)c(OC)ccc34)C[C@H]2C(N)=O)c1. The van der Waals surface area contributed by atoms with Crippen LogP contribution in [0, 0.1) is 18.8 Å². The Balaban J connectivity index is 1.04. The molecular weight excluding hydrogens is 855 g/mol. The second-order valence-corrected chi connectivity index (χ2v) is 20.8. The van der Waals surface area contributed by atoms with Gasteiger partial charge in [0.2, 0.25) is 27.7 Å². The topological polar surface area (TPSA) is 212 Å². The fourth-order valence-corrected chi connectivity index (χ4v) is 10.4. The molecule has 7 rings (SSSR count). The van der Waals surface area contributed by atoms with E-state index in [0.29, 0.717) is 66.1 Å². The number of carbonyl (C=O) groups excluding carboxylic acids is 4. The number of benzene rings is 2. The Morgan fingerprint density at radius 2 is 1.83 bits per heavy atom. The first-order chi connectivity index (χ1) is 30.5. The van der Waals surface area contributed by atoms with Gasteiger partial charge in [-0.3, -0.25) is 23.9 Å². The highest BCUT2D eigenvalue weighted by molar-refractivity contribution is 7.91. The number of hydrogen-bond donors (Lipinski definition) is 4. The second kappa shape index (κ2) is 19.3. The van der Waals surface area contributed by atoms with E-state index in [0.717, 1.165) is 40.9 Å². The Morgan fingerprint density at radius 3 is 2.52 bits per heavy atom. The monoisotopic (exact) mass is 913 g/mol. The highest BCUT2D eigenvalue weighted by Gasteiger charge is 2.52. The molecule has 2 saturated carbocycles. The number of ether oxygens (including phenoxy) is 2. The molecule has 64 heavy (non-hydrogen) atoms. The summed E-state index contributed by atoms with van der Waals surface area (Å²) in [5, 5.41) is 9.52. The van der Waals surface area contributed by atoms with Crippen molar-refractivity contribution in [2.45, 2.75) is 114 Å². The largest absolute Gasteiger partial charge is 0.496 e. The van der Waals surface area contributed by atoms with E-state index < -0.39 is 44.8 Å². The van der Waals surface area contributed by atoms with Crippen molar-refractivity contribution in [3.8, 4) is 22.2 Å². The number of nitrogens with one attached hydrogen (secondary N) is 3. The second-order valence-electron chi connectivity index (χ2n) is 17.8. The van der Waals surface area contributed by atoms with Gasteiger partial charge in [0.25, 0.3) is 5.91 Å². The number of nitrogens with two attached hydrogens (primary N) is 1. The lowest BCUT2D eigenvalue weighted by atomic mass is 10.0. The minimum absolute atomic E-state index is 0.0216. The minimum Gasteiger partial charge on any atom is -0.496 e. The maximum absolute atomic E-state index is 14.6. The normalized spacial score (nSPS) is 20.6. The van der Waals surface area contributed by atoms with Crippen LogP contribution in [0.25, 0.3) is 21.6 Å². The number of primary amides is 1. The first kappa shape index (κ1) is 46.4. The number of aromatic nitrogens is 2. The molecule has 4 aromatic rings. The van der Waals surface area contributed by atoms with E-state index in [9.17, 15) is 27.6 Å². The Morgan fingerprint density at radius 1 is 1.05 bits per heavy atom. The lowest BCUT2D eigenvalue weighted by Gasteiger charge is -2.28. The third-order valence-electron chi connectivity index (χ3n) is 12.6. The quantitative estimate of drug-likeness (QED) is 0.0547. The van der Waals surface area contributed by atoms with E-state index in [2.05, 4.69) is 29.2 Å². The third-order valence-corrected chi connectivity index (χ3v) is 15.7. The number of thiazole rings is 1. The first-order valence-corrected chi connectivity index (χ1v) is 24.4. The van der Waals surface area contributed by atoms with E-state index in [-0.39, 0.29) is 42.5 Å². The van der Waals surface area contributed by atoms with Gasteiger partial charge in [-0.25, -0.2) is 18.4 Å². The van der Waals surface area contributed by atoms with E-state index in [4.69, 9.17) is 25.2 Å². The van der Waals surface area contributed by atoms with Gasteiger partial charge in [0.1, 0.15) is 40.4 Å². The van der Waals surface area contributed by atoms with Crippen molar-refractivity contribution in [2.75, 3.05) is 26.0 Å². The number of likely N-dealkylation sites (tertiary alicyclic amines) is 1. The zero-order chi connectivity index (χ0) is 45.9. The summed E-state index contributed by atoms with van der Waals surface area (Å²) in [6.45, 7) is 7.89. The molecule has 3 fully saturated rings. The van der Waals surface area contributed by atoms with Crippen LogP contribution < -0.4 is 30.6 Å². The highest BCUT2D eigenvalue weighted by atomic mass is 32.2. The number of pyridine rings is 1. The molecule has 0 bridgehead atoms. The van der Waals surface area contributed by atoms with Crippen LogP contribution >= 0.6 is 11.3 Å². The number of sulfonamides is 1. The molecule has 4 amide bonds. The summed E-state index contributed by atoms with van der Waals surface area (Å²) >= 11 is 1.51. The standard InChI is InChI=1S/C47H59N7O8S2/c1-27(2)37-26-63-45(52-37)36-24-40(33-17-18-39(61-6)28(3)41(33)51-36)62-32-23-38(42(48)55)54(25-32)46(58)35(50-31-15-12-14-30(21-31)43(56)49-5)16-11-9-7-8-10-13-29-22-34(29)44(57)53-64(59,60)47(4)19-20-47/h10,12-15,17-18,21,24,26-27,29,32,34-35,38,50H,7-9,11,16,19-20,22-23,25H2,1-6H3,(H2,48,55)(H,49,56)(H,53,57)/b13-10-/t29-,32-,34+,35+,38+/m1/s1. The number of unbranched alkanes of at least 4 members (excludes halogenated alkanes) is 3. The molecule has 3 heterocycles. The average Bonchev–Trinajstić information content (AvgIpc) is 4.11. The molecule has 15 nitrogen and oxygen atoms in total. The van der Waals surface area contributed by atoms with Crippen molar-refractivity contribution in [2.24, 2.45) is 17.6 Å². The number of hydrogen-bond acceptors (Lipinski definition) is 12. The predicted octanol–water partition coefficient (Wildman–Crippen LogP) is 6.61. The van der Waals surface area contributed by atoms with Crippen molar-refractivity contribution in [3.63, 3.8) is 0 Å². The van der Waals surface area contributed by atoms with Gasteiger partial charge < -0.3 is 30.7 Å². The van der Waals surface area contributed by atoms with Crippen LogP contribution in [0.5, 0.6) is 11.5 Å². The number of anilines is 1. The minimum atomic E-state index is -3.65. The average molecular weight is 914 g/mol. The summed E-state index contributed by atoms with van der Waals surface area (Å²) in [6.07, 6.45) is 8.90.